The van der Waals surface area contributed by atoms with E-state index in [-0.39, 0.29) is 5.91 Å². The van der Waals surface area contributed by atoms with Gasteiger partial charge in [0.25, 0.3) is 0 Å². The van der Waals surface area contributed by atoms with E-state index in [0.717, 1.165) is 24.9 Å². The minimum absolute atomic E-state index is 0.0898. The van der Waals surface area contributed by atoms with Crippen molar-refractivity contribution in [2.75, 3.05) is 11.9 Å². The number of anilines is 1. The quantitative estimate of drug-likeness (QED) is 0.744. The summed E-state index contributed by atoms with van der Waals surface area (Å²) < 4.78 is 0. The zero-order chi connectivity index (χ0) is 12.7. The van der Waals surface area contributed by atoms with Crippen LogP contribution in [0.3, 0.4) is 0 Å². The van der Waals surface area contributed by atoms with E-state index in [2.05, 4.69) is 11.4 Å². The molecule has 0 atom stereocenters. The number of amides is 1. The summed E-state index contributed by atoms with van der Waals surface area (Å²) in [5.41, 5.74) is 8.64. The van der Waals surface area contributed by atoms with Crippen molar-refractivity contribution in [3.63, 3.8) is 0 Å². The average Bonchev–Trinajstić information content (AvgIpc) is 2.23. The first kappa shape index (κ1) is 13.7. The molecule has 1 rings (SSSR count). The lowest BCUT2D eigenvalue weighted by molar-refractivity contribution is -0.116. The molecule has 0 spiro atoms. The fourth-order valence-electron chi connectivity index (χ4n) is 1.88. The molecule has 0 aliphatic rings. The summed E-state index contributed by atoms with van der Waals surface area (Å²) in [6.07, 6.45) is 3.51. The Kier molecular flexibility index (Phi) is 5.70. The van der Waals surface area contributed by atoms with Crippen LogP contribution in [0.4, 0.5) is 5.69 Å². The third-order valence-corrected chi connectivity index (χ3v) is 2.61. The van der Waals surface area contributed by atoms with Crippen molar-refractivity contribution in [1.29, 1.82) is 0 Å². The molecule has 0 aliphatic heterocycles. The van der Waals surface area contributed by atoms with Crippen molar-refractivity contribution in [3.05, 3.63) is 29.3 Å². The Labute approximate surface area is 103 Å². The average molecular weight is 234 g/mol. The highest BCUT2D eigenvalue weighted by Crippen LogP contribution is 2.14. The van der Waals surface area contributed by atoms with Gasteiger partial charge < -0.3 is 11.1 Å². The summed E-state index contributed by atoms with van der Waals surface area (Å²) in [5, 5.41) is 2.93. The molecule has 0 fully saturated rings. The van der Waals surface area contributed by atoms with Gasteiger partial charge in [-0.2, -0.15) is 0 Å². The lowest BCUT2D eigenvalue weighted by Crippen LogP contribution is -2.11. The molecule has 94 valence electrons. The van der Waals surface area contributed by atoms with Crippen LogP contribution in [0.1, 0.15) is 36.8 Å². The number of nitrogens with one attached hydrogen (secondary N) is 1. The molecule has 17 heavy (non-hydrogen) atoms. The summed E-state index contributed by atoms with van der Waals surface area (Å²) in [5.74, 6) is 0.0898. The van der Waals surface area contributed by atoms with E-state index in [1.165, 1.54) is 11.1 Å². The SMILES string of the molecule is Cc1cc(C)cc(NC(=O)CCCCCN)c1. The number of carbonyl (C=O) groups excluding carboxylic acids is 1. The summed E-state index contributed by atoms with van der Waals surface area (Å²) in [7, 11) is 0. The maximum atomic E-state index is 11.7. The Morgan fingerprint density at radius 2 is 1.76 bits per heavy atom. The van der Waals surface area contributed by atoms with Crippen LogP contribution in [0.5, 0.6) is 0 Å². The topological polar surface area (TPSA) is 55.1 Å². The summed E-state index contributed by atoms with van der Waals surface area (Å²) in [6.45, 7) is 4.77. The second kappa shape index (κ2) is 7.07. The van der Waals surface area contributed by atoms with Crippen LogP contribution < -0.4 is 11.1 Å². The highest BCUT2D eigenvalue weighted by molar-refractivity contribution is 5.90. The number of aryl methyl sites for hydroxylation is 2. The minimum Gasteiger partial charge on any atom is -0.330 e. The van der Waals surface area contributed by atoms with Gasteiger partial charge in [0.05, 0.1) is 0 Å². The number of carbonyl (C=O) groups is 1. The molecule has 0 heterocycles. The zero-order valence-corrected chi connectivity index (χ0v) is 10.8. The van der Waals surface area contributed by atoms with Gasteiger partial charge in [-0.25, -0.2) is 0 Å². The molecule has 3 N–H and O–H groups in total. The van der Waals surface area contributed by atoms with E-state index in [1.807, 2.05) is 26.0 Å². The predicted molar refractivity (Wildman–Crippen MR) is 72.1 cm³/mol. The Hall–Kier alpha value is -1.35. The van der Waals surface area contributed by atoms with Crippen molar-refractivity contribution in [2.45, 2.75) is 39.5 Å². The van der Waals surface area contributed by atoms with E-state index >= 15 is 0 Å². The highest BCUT2D eigenvalue weighted by Gasteiger charge is 2.02. The van der Waals surface area contributed by atoms with Crippen molar-refractivity contribution < 1.29 is 4.79 Å². The van der Waals surface area contributed by atoms with Gasteiger partial charge in [-0.05, 0) is 56.5 Å². The molecule has 3 nitrogen and oxygen atoms in total. The maximum absolute atomic E-state index is 11.7. The number of nitrogens with two attached hydrogens (primary N) is 1. The third kappa shape index (κ3) is 5.50. The lowest BCUT2D eigenvalue weighted by atomic mass is 10.1. The lowest BCUT2D eigenvalue weighted by Gasteiger charge is -2.07. The Balaban J connectivity index is 2.39. The first-order chi connectivity index (χ1) is 8.11. The van der Waals surface area contributed by atoms with Crippen LogP contribution in [0, 0.1) is 13.8 Å². The molecule has 1 aromatic rings. The van der Waals surface area contributed by atoms with Crippen molar-refractivity contribution in [1.82, 2.24) is 0 Å². The summed E-state index contributed by atoms with van der Waals surface area (Å²) >= 11 is 0. The standard InChI is InChI=1S/C14H22N2O/c1-11-8-12(2)10-13(9-11)16-14(17)6-4-3-5-7-15/h8-10H,3-7,15H2,1-2H3,(H,16,17). The molecular formula is C14H22N2O. The van der Waals surface area contributed by atoms with E-state index in [0.29, 0.717) is 13.0 Å². The number of unbranched alkanes of at least 4 members (excludes halogenated alkanes) is 2. The second-order valence-electron chi connectivity index (χ2n) is 4.52. The van der Waals surface area contributed by atoms with Crippen molar-refractivity contribution in [2.24, 2.45) is 5.73 Å². The number of rotatable bonds is 6. The monoisotopic (exact) mass is 234 g/mol. The summed E-state index contributed by atoms with van der Waals surface area (Å²) in [4.78, 5) is 11.7. The third-order valence-electron chi connectivity index (χ3n) is 2.61. The van der Waals surface area contributed by atoms with Gasteiger partial charge in [0.2, 0.25) is 5.91 Å². The number of benzene rings is 1. The van der Waals surface area contributed by atoms with Crippen LogP contribution in [-0.4, -0.2) is 12.5 Å². The Morgan fingerprint density at radius 1 is 1.12 bits per heavy atom. The van der Waals surface area contributed by atoms with Gasteiger partial charge in [-0.1, -0.05) is 12.5 Å². The highest BCUT2D eigenvalue weighted by atomic mass is 16.1. The van der Waals surface area contributed by atoms with Crippen LogP contribution >= 0.6 is 0 Å². The largest absolute Gasteiger partial charge is 0.330 e. The van der Waals surface area contributed by atoms with E-state index in [1.54, 1.807) is 0 Å². The molecular weight excluding hydrogens is 212 g/mol. The summed E-state index contributed by atoms with van der Waals surface area (Å²) in [6, 6.07) is 6.08. The molecule has 1 aromatic carbocycles. The molecule has 1 amide bonds. The van der Waals surface area contributed by atoms with Gasteiger partial charge in [0.15, 0.2) is 0 Å². The Morgan fingerprint density at radius 3 is 2.35 bits per heavy atom. The van der Waals surface area contributed by atoms with Crippen molar-refractivity contribution in [3.8, 4) is 0 Å². The predicted octanol–water partition coefficient (Wildman–Crippen LogP) is 2.76. The van der Waals surface area contributed by atoms with Crippen LogP contribution in [0.2, 0.25) is 0 Å². The molecule has 0 bridgehead atoms. The molecule has 0 saturated heterocycles. The van der Waals surface area contributed by atoms with Gasteiger partial charge in [0.1, 0.15) is 0 Å². The number of hydrogen-bond donors (Lipinski definition) is 2. The molecule has 0 unspecified atom stereocenters. The fourth-order valence-corrected chi connectivity index (χ4v) is 1.88. The van der Waals surface area contributed by atoms with Crippen LogP contribution in [-0.2, 0) is 4.79 Å². The van der Waals surface area contributed by atoms with E-state index in [4.69, 9.17) is 5.73 Å². The first-order valence-electron chi connectivity index (χ1n) is 6.20. The van der Waals surface area contributed by atoms with Gasteiger partial charge in [0, 0.05) is 12.1 Å². The normalized spacial score (nSPS) is 10.3. The molecule has 3 heteroatoms. The number of hydrogen-bond acceptors (Lipinski definition) is 2. The molecule has 0 aromatic heterocycles. The zero-order valence-electron chi connectivity index (χ0n) is 10.8. The fraction of sp³-hybridized carbons (Fsp3) is 0.500. The second-order valence-corrected chi connectivity index (χ2v) is 4.52. The molecule has 0 saturated carbocycles. The van der Waals surface area contributed by atoms with Crippen molar-refractivity contribution >= 4 is 11.6 Å². The molecule has 0 aliphatic carbocycles. The van der Waals surface area contributed by atoms with E-state index in [9.17, 15) is 4.79 Å². The van der Waals surface area contributed by atoms with Crippen LogP contribution in [0.25, 0.3) is 0 Å². The van der Waals surface area contributed by atoms with Gasteiger partial charge >= 0.3 is 0 Å². The Bertz CT molecular complexity index is 354. The smallest absolute Gasteiger partial charge is 0.224 e. The van der Waals surface area contributed by atoms with Crippen LogP contribution in [0.15, 0.2) is 18.2 Å². The first-order valence-corrected chi connectivity index (χ1v) is 6.20. The minimum atomic E-state index is 0.0898. The van der Waals surface area contributed by atoms with Gasteiger partial charge in [-0.3, -0.25) is 4.79 Å². The molecule has 0 radical (unpaired) electrons. The van der Waals surface area contributed by atoms with Gasteiger partial charge in [-0.15, -0.1) is 0 Å². The maximum Gasteiger partial charge on any atom is 0.224 e. The van der Waals surface area contributed by atoms with E-state index < -0.39 is 0 Å².